The summed E-state index contributed by atoms with van der Waals surface area (Å²) in [5.41, 5.74) is 1.21. The van der Waals surface area contributed by atoms with Gasteiger partial charge in [0.1, 0.15) is 11.3 Å². The lowest BCUT2D eigenvalue weighted by Gasteiger charge is -2.07. The van der Waals surface area contributed by atoms with E-state index in [-0.39, 0.29) is 5.63 Å². The molecule has 1 aromatic heterocycles. The molecule has 2 rings (SSSR count). The van der Waals surface area contributed by atoms with Gasteiger partial charge in [-0.2, -0.15) is 0 Å². The predicted octanol–water partition coefficient (Wildman–Crippen LogP) is 4.06. The number of rotatable bonds is 6. The van der Waals surface area contributed by atoms with E-state index in [1.807, 2.05) is 19.1 Å². The second-order valence-electron chi connectivity index (χ2n) is 4.82. The molecule has 0 N–H and O–H groups in total. The first-order valence-corrected chi connectivity index (χ1v) is 6.88. The van der Waals surface area contributed by atoms with Gasteiger partial charge in [0.15, 0.2) is 0 Å². The molecule has 0 aliphatic rings. The fraction of sp³-hybridized carbons (Fsp3) is 0.438. The Morgan fingerprint density at radius 2 is 2.00 bits per heavy atom. The van der Waals surface area contributed by atoms with Gasteiger partial charge in [-0.25, -0.2) is 4.79 Å². The van der Waals surface area contributed by atoms with Gasteiger partial charge in [0, 0.05) is 17.5 Å². The summed E-state index contributed by atoms with van der Waals surface area (Å²) < 4.78 is 10.9. The summed E-state index contributed by atoms with van der Waals surface area (Å²) in [6.45, 7) is 4.81. The van der Waals surface area contributed by atoms with Crippen molar-refractivity contribution in [2.45, 2.75) is 39.5 Å². The quantitative estimate of drug-likeness (QED) is 0.580. The topological polar surface area (TPSA) is 39.4 Å². The molecule has 0 fully saturated rings. The predicted molar refractivity (Wildman–Crippen MR) is 76.9 cm³/mol. The number of hydrogen-bond acceptors (Lipinski definition) is 3. The van der Waals surface area contributed by atoms with Crippen LogP contribution in [-0.2, 0) is 0 Å². The van der Waals surface area contributed by atoms with E-state index in [1.165, 1.54) is 25.3 Å². The molecule has 0 radical (unpaired) electrons. The van der Waals surface area contributed by atoms with E-state index in [0.29, 0.717) is 12.2 Å². The molecule has 0 atom stereocenters. The van der Waals surface area contributed by atoms with E-state index in [9.17, 15) is 4.79 Å². The molecule has 0 unspecified atom stereocenters. The third-order valence-electron chi connectivity index (χ3n) is 3.19. The van der Waals surface area contributed by atoms with E-state index in [4.69, 9.17) is 9.15 Å². The van der Waals surface area contributed by atoms with Crippen molar-refractivity contribution in [3.8, 4) is 5.75 Å². The third-order valence-corrected chi connectivity index (χ3v) is 3.19. The summed E-state index contributed by atoms with van der Waals surface area (Å²) in [4.78, 5) is 11.3. The van der Waals surface area contributed by atoms with Crippen LogP contribution in [0.3, 0.4) is 0 Å². The van der Waals surface area contributed by atoms with Crippen LogP contribution in [0.4, 0.5) is 0 Å². The van der Waals surface area contributed by atoms with E-state index in [1.54, 1.807) is 6.07 Å². The first-order chi connectivity index (χ1) is 9.20. The van der Waals surface area contributed by atoms with Crippen molar-refractivity contribution in [2.24, 2.45) is 0 Å². The molecule has 1 heterocycles. The molecule has 0 saturated carbocycles. The largest absolute Gasteiger partial charge is 0.493 e. The monoisotopic (exact) mass is 260 g/mol. The zero-order valence-electron chi connectivity index (χ0n) is 11.6. The Kier molecular flexibility index (Phi) is 4.61. The van der Waals surface area contributed by atoms with Crippen LogP contribution < -0.4 is 10.4 Å². The minimum atomic E-state index is -0.315. The molecule has 0 amide bonds. The van der Waals surface area contributed by atoms with E-state index >= 15 is 0 Å². The van der Waals surface area contributed by atoms with E-state index in [0.717, 1.165) is 23.1 Å². The zero-order valence-corrected chi connectivity index (χ0v) is 11.6. The summed E-state index contributed by atoms with van der Waals surface area (Å²) in [6, 6.07) is 7.17. The number of aryl methyl sites for hydroxylation is 1. The molecule has 102 valence electrons. The van der Waals surface area contributed by atoms with Gasteiger partial charge in [-0.15, -0.1) is 0 Å². The van der Waals surface area contributed by atoms with Gasteiger partial charge in [0.25, 0.3) is 0 Å². The molecular weight excluding hydrogens is 240 g/mol. The van der Waals surface area contributed by atoms with Crippen LogP contribution in [-0.4, -0.2) is 6.61 Å². The second-order valence-corrected chi connectivity index (χ2v) is 4.82. The Hall–Kier alpha value is -1.77. The van der Waals surface area contributed by atoms with Crippen molar-refractivity contribution in [2.75, 3.05) is 6.61 Å². The van der Waals surface area contributed by atoms with Crippen LogP contribution in [0.5, 0.6) is 5.75 Å². The SMILES string of the molecule is CCCCCCOc1ccc2c(C)cc(=O)oc2c1. The minimum absolute atomic E-state index is 0.315. The van der Waals surface area contributed by atoms with Gasteiger partial charge in [0.05, 0.1) is 6.61 Å². The number of ether oxygens (including phenoxy) is 1. The van der Waals surface area contributed by atoms with Crippen LogP contribution in [0.2, 0.25) is 0 Å². The summed E-state index contributed by atoms with van der Waals surface area (Å²) in [5, 5.41) is 0.956. The third kappa shape index (κ3) is 3.60. The highest BCUT2D eigenvalue weighted by Crippen LogP contribution is 2.22. The molecule has 0 bridgehead atoms. The Bertz CT molecular complexity index is 598. The highest BCUT2D eigenvalue weighted by molar-refractivity contribution is 5.81. The molecule has 1 aromatic carbocycles. The molecule has 2 aromatic rings. The Morgan fingerprint density at radius 3 is 2.79 bits per heavy atom. The lowest BCUT2D eigenvalue weighted by molar-refractivity contribution is 0.305. The number of fused-ring (bicyclic) bond motifs is 1. The van der Waals surface area contributed by atoms with Crippen molar-refractivity contribution < 1.29 is 9.15 Å². The molecule has 0 spiro atoms. The van der Waals surface area contributed by atoms with Crippen molar-refractivity contribution in [3.05, 3.63) is 40.2 Å². The lowest BCUT2D eigenvalue weighted by Crippen LogP contribution is -2.00. The fourth-order valence-electron chi connectivity index (χ4n) is 2.11. The lowest BCUT2D eigenvalue weighted by atomic mass is 10.1. The average Bonchev–Trinajstić information content (AvgIpc) is 2.38. The van der Waals surface area contributed by atoms with Crippen molar-refractivity contribution in [1.29, 1.82) is 0 Å². The minimum Gasteiger partial charge on any atom is -0.493 e. The van der Waals surface area contributed by atoms with Gasteiger partial charge in [-0.1, -0.05) is 26.2 Å². The smallest absolute Gasteiger partial charge is 0.336 e. The molecule has 3 nitrogen and oxygen atoms in total. The Morgan fingerprint density at radius 1 is 1.16 bits per heavy atom. The first kappa shape index (κ1) is 13.7. The average molecular weight is 260 g/mol. The van der Waals surface area contributed by atoms with E-state index < -0.39 is 0 Å². The number of unbranched alkanes of at least 4 members (excludes halogenated alkanes) is 3. The highest BCUT2D eigenvalue weighted by atomic mass is 16.5. The molecule has 0 aliphatic carbocycles. The van der Waals surface area contributed by atoms with E-state index in [2.05, 4.69) is 6.92 Å². The van der Waals surface area contributed by atoms with Crippen molar-refractivity contribution in [1.82, 2.24) is 0 Å². The maximum absolute atomic E-state index is 11.3. The van der Waals surface area contributed by atoms with Gasteiger partial charge >= 0.3 is 5.63 Å². The van der Waals surface area contributed by atoms with Gasteiger partial charge < -0.3 is 9.15 Å². The van der Waals surface area contributed by atoms with Gasteiger partial charge in [-0.3, -0.25) is 0 Å². The normalized spacial score (nSPS) is 10.8. The summed E-state index contributed by atoms with van der Waals surface area (Å²) in [7, 11) is 0. The Balaban J connectivity index is 2.07. The zero-order chi connectivity index (χ0) is 13.7. The molecule has 0 saturated heterocycles. The summed E-state index contributed by atoms with van der Waals surface area (Å²) in [5.74, 6) is 0.762. The molecule has 0 aliphatic heterocycles. The highest BCUT2D eigenvalue weighted by Gasteiger charge is 2.03. The fourth-order valence-corrected chi connectivity index (χ4v) is 2.11. The van der Waals surface area contributed by atoms with Crippen LogP contribution >= 0.6 is 0 Å². The summed E-state index contributed by atoms with van der Waals surface area (Å²) in [6.07, 6.45) is 4.72. The van der Waals surface area contributed by atoms with Crippen molar-refractivity contribution >= 4 is 11.0 Å². The van der Waals surface area contributed by atoms with Crippen molar-refractivity contribution in [3.63, 3.8) is 0 Å². The Labute approximate surface area is 113 Å². The number of benzene rings is 1. The molecule has 19 heavy (non-hydrogen) atoms. The van der Waals surface area contributed by atoms with Crippen LogP contribution in [0.1, 0.15) is 38.2 Å². The maximum Gasteiger partial charge on any atom is 0.336 e. The van der Waals surface area contributed by atoms with Gasteiger partial charge in [0.2, 0.25) is 0 Å². The van der Waals surface area contributed by atoms with Crippen LogP contribution in [0.25, 0.3) is 11.0 Å². The molecule has 3 heteroatoms. The summed E-state index contributed by atoms with van der Waals surface area (Å²) >= 11 is 0. The first-order valence-electron chi connectivity index (χ1n) is 6.88. The standard InChI is InChI=1S/C16H20O3/c1-3-4-5-6-9-18-13-7-8-14-12(2)10-16(17)19-15(14)11-13/h7-8,10-11H,3-6,9H2,1-2H3. The molecular formula is C16H20O3. The number of hydrogen-bond donors (Lipinski definition) is 0. The maximum atomic E-state index is 11.3. The van der Waals surface area contributed by atoms with Crippen LogP contribution in [0.15, 0.2) is 33.5 Å². The van der Waals surface area contributed by atoms with Crippen LogP contribution in [0, 0.1) is 6.92 Å². The van der Waals surface area contributed by atoms with Gasteiger partial charge in [-0.05, 0) is 31.0 Å². The second kappa shape index (κ2) is 6.41.